The number of unbranched alkanes of at least 4 members (excludes halogenated alkanes) is 7. The molecule has 1 aliphatic carbocycles. The number of benzene rings is 3. The van der Waals surface area contributed by atoms with Crippen LogP contribution >= 0.6 is 19.6 Å². The first-order valence-electron chi connectivity index (χ1n) is 23.3. The summed E-state index contributed by atoms with van der Waals surface area (Å²) >= 11 is 1.10. The van der Waals surface area contributed by atoms with E-state index in [4.69, 9.17) is 18.2 Å². The van der Waals surface area contributed by atoms with E-state index < -0.39 is 67.1 Å². The maximum absolute atomic E-state index is 13.2. The molecule has 7 rings (SSSR count). The van der Waals surface area contributed by atoms with Crippen molar-refractivity contribution in [3.05, 3.63) is 109 Å². The molecule has 0 bridgehead atoms. The Balaban J connectivity index is 0.00000869. The number of aromatic nitrogens is 2. The van der Waals surface area contributed by atoms with E-state index in [9.17, 15) is 63.1 Å². The number of carbonyl (C=O) groups is 5. The monoisotopic (exact) mass is 1050 g/mol. The number of carboxylic acid groups (broad SMARTS) is 1. The average molecular weight is 1050 g/mol. The first-order valence-corrected chi connectivity index (χ1v) is 25.8. The zero-order chi connectivity index (χ0) is 51.7. The van der Waals surface area contributed by atoms with Crippen LogP contribution in [0.2, 0.25) is 0 Å². The summed E-state index contributed by atoms with van der Waals surface area (Å²) in [4.78, 5) is 116. The van der Waals surface area contributed by atoms with Crippen LogP contribution in [0.3, 0.4) is 0 Å². The van der Waals surface area contributed by atoms with E-state index in [0.717, 1.165) is 54.9 Å². The van der Waals surface area contributed by atoms with Crippen LogP contribution in [0.25, 0.3) is 33.4 Å². The van der Waals surface area contributed by atoms with E-state index in [1.165, 1.54) is 66.6 Å². The number of carbonyl (C=O) groups excluding carboxylic acids is 4. The molecule has 73 heavy (non-hydrogen) atoms. The van der Waals surface area contributed by atoms with Crippen LogP contribution < -0.4 is 32.4 Å². The number of phosphoric acid groups is 1. The SMILES string of the molecule is C.Cc1cn([C@H]2C[C@@H](O)[C@@H](COP(=O)([O-])OCCSC3CC(=O)N(CCCCCCCCCCC(=O)NNC(=O)c4ccc(C(=O)O)c(-c5c6ccc(=O)cc-6oc6cc(O)ccc56)c4)C3=O)O2)c(=O)[nH]c1=O. The Morgan fingerprint density at radius 2 is 1.64 bits per heavy atom. The summed E-state index contributed by atoms with van der Waals surface area (Å²) in [6.45, 7) is 0.842. The summed E-state index contributed by atoms with van der Waals surface area (Å²) in [5, 5.41) is 30.3. The van der Waals surface area contributed by atoms with Gasteiger partial charge in [0.05, 0.1) is 30.1 Å². The minimum absolute atomic E-state index is 0. The predicted octanol–water partition coefficient (Wildman–Crippen LogP) is 4.75. The number of aromatic carboxylic acids is 1. The van der Waals surface area contributed by atoms with E-state index in [1.807, 2.05) is 0 Å². The number of rotatable bonds is 23. The molecule has 5 atom stereocenters. The second-order valence-corrected chi connectivity index (χ2v) is 20.1. The maximum atomic E-state index is 13.2. The number of nitrogens with one attached hydrogen (secondary N) is 3. The number of phosphoric ester groups is 1. The van der Waals surface area contributed by atoms with Crippen molar-refractivity contribution in [3.63, 3.8) is 0 Å². The van der Waals surface area contributed by atoms with Crippen LogP contribution in [-0.4, -0.2) is 102 Å². The number of amides is 4. The van der Waals surface area contributed by atoms with Crippen molar-refractivity contribution in [2.24, 2.45) is 0 Å². The van der Waals surface area contributed by atoms with Gasteiger partial charge in [0.1, 0.15) is 29.4 Å². The number of hydrogen-bond acceptors (Lipinski definition) is 17. The Morgan fingerprint density at radius 1 is 0.918 bits per heavy atom. The molecule has 2 unspecified atom stereocenters. The third-order valence-corrected chi connectivity index (χ3v) is 14.4. The summed E-state index contributed by atoms with van der Waals surface area (Å²) in [6, 6.07) is 12.3. The molecule has 2 saturated heterocycles. The molecular formula is C49H57N5O17PS-. The topological polar surface area (TPSA) is 326 Å². The molecule has 392 valence electrons. The number of hydrogen-bond donors (Lipinski definition) is 6. The number of likely N-dealkylation sites (tertiary alicyclic amines) is 1. The van der Waals surface area contributed by atoms with Gasteiger partial charge in [-0.25, -0.2) is 9.59 Å². The molecule has 3 aromatic rings. The average Bonchev–Trinajstić information content (AvgIpc) is 3.84. The van der Waals surface area contributed by atoms with E-state index in [0.29, 0.717) is 29.4 Å². The molecule has 6 N–H and O–H groups in total. The summed E-state index contributed by atoms with van der Waals surface area (Å²) in [6.07, 6.45) is 4.45. The lowest BCUT2D eigenvalue weighted by Crippen LogP contribution is -2.41. The normalized spacial score (nSPS) is 18.5. The Kier molecular flexibility index (Phi) is 19.1. The second kappa shape index (κ2) is 25.0. The van der Waals surface area contributed by atoms with Crippen molar-refractivity contribution in [1.29, 1.82) is 0 Å². The highest BCUT2D eigenvalue weighted by Gasteiger charge is 2.39. The lowest BCUT2D eigenvalue weighted by molar-refractivity contribution is -0.228. The summed E-state index contributed by atoms with van der Waals surface area (Å²) < 4.78 is 34.8. The van der Waals surface area contributed by atoms with Crippen molar-refractivity contribution in [2.75, 3.05) is 25.5 Å². The first-order chi connectivity index (χ1) is 34.4. The summed E-state index contributed by atoms with van der Waals surface area (Å²) in [5.41, 5.74) is 4.41. The number of imide groups is 1. The van der Waals surface area contributed by atoms with Gasteiger partial charge in [0, 0.05) is 77.5 Å². The number of aliphatic hydroxyl groups is 1. The van der Waals surface area contributed by atoms with Gasteiger partial charge in [-0.2, -0.15) is 0 Å². The van der Waals surface area contributed by atoms with Gasteiger partial charge >= 0.3 is 11.7 Å². The largest absolute Gasteiger partial charge is 0.756 e. The number of aryl methyl sites for hydroxylation is 1. The number of aromatic hydroxyl groups is 1. The van der Waals surface area contributed by atoms with E-state index in [-0.39, 0.29) is 102 Å². The summed E-state index contributed by atoms with van der Waals surface area (Å²) in [7, 11) is -4.85. The van der Waals surface area contributed by atoms with E-state index in [2.05, 4.69) is 15.8 Å². The van der Waals surface area contributed by atoms with Crippen LogP contribution in [0.1, 0.15) is 111 Å². The number of phenolic OH excluding ortho intramolecular Hbond substituents is 1. The van der Waals surface area contributed by atoms with Gasteiger partial charge in [-0.1, -0.05) is 46.0 Å². The Labute approximate surface area is 422 Å². The second-order valence-electron chi connectivity index (χ2n) is 17.4. The van der Waals surface area contributed by atoms with Gasteiger partial charge in [0.15, 0.2) is 5.43 Å². The Bertz CT molecular complexity index is 3050. The quantitative estimate of drug-likeness (QED) is 0.0169. The molecule has 24 heteroatoms. The molecule has 1 aromatic heterocycles. The Morgan fingerprint density at radius 3 is 2.38 bits per heavy atom. The van der Waals surface area contributed by atoms with Gasteiger partial charge in [-0.3, -0.25) is 58.6 Å². The van der Waals surface area contributed by atoms with Gasteiger partial charge in [0.2, 0.25) is 17.7 Å². The Hall–Kier alpha value is -6.46. The highest BCUT2D eigenvalue weighted by Crippen LogP contribution is 2.43. The zero-order valence-electron chi connectivity index (χ0n) is 39.0. The smallest absolute Gasteiger partial charge is 0.336 e. The molecule has 4 amide bonds. The number of aliphatic hydroxyl groups excluding tert-OH is 1. The van der Waals surface area contributed by atoms with Crippen molar-refractivity contribution < 1.29 is 67.0 Å². The highest BCUT2D eigenvalue weighted by molar-refractivity contribution is 8.00. The van der Waals surface area contributed by atoms with Crippen molar-refractivity contribution in [1.82, 2.24) is 25.3 Å². The first kappa shape index (κ1) is 55.8. The fourth-order valence-electron chi connectivity index (χ4n) is 8.50. The number of hydrazine groups is 1. The van der Waals surface area contributed by atoms with Gasteiger partial charge in [-0.15, -0.1) is 11.8 Å². The number of fused-ring (bicyclic) bond motifs is 2. The number of aromatic amines is 1. The third-order valence-electron chi connectivity index (χ3n) is 12.2. The minimum atomic E-state index is -4.85. The van der Waals surface area contributed by atoms with Crippen LogP contribution in [0.5, 0.6) is 5.75 Å². The van der Waals surface area contributed by atoms with Crippen molar-refractivity contribution in [2.45, 2.75) is 109 Å². The molecule has 0 spiro atoms. The maximum Gasteiger partial charge on any atom is 0.336 e. The lowest BCUT2D eigenvalue weighted by Gasteiger charge is -2.25. The molecule has 2 aromatic carbocycles. The van der Waals surface area contributed by atoms with E-state index >= 15 is 0 Å². The molecule has 2 fully saturated rings. The van der Waals surface area contributed by atoms with Gasteiger partial charge in [-0.05, 0) is 67.8 Å². The van der Waals surface area contributed by atoms with Crippen LogP contribution in [-0.2, 0) is 32.7 Å². The van der Waals surface area contributed by atoms with Gasteiger partial charge in [0.25, 0.3) is 19.3 Å². The lowest BCUT2D eigenvalue weighted by atomic mass is 9.89. The number of thioether (sulfide) groups is 1. The molecule has 4 aliphatic rings. The number of nitrogens with zero attached hydrogens (tertiary/aromatic N) is 2. The van der Waals surface area contributed by atoms with Gasteiger partial charge < -0.3 is 38.4 Å². The van der Waals surface area contributed by atoms with Crippen molar-refractivity contribution in [3.8, 4) is 28.2 Å². The van der Waals surface area contributed by atoms with Crippen LogP contribution in [0.4, 0.5) is 0 Å². The fraction of sp³-hybridized carbons (Fsp3) is 0.429. The zero-order valence-corrected chi connectivity index (χ0v) is 40.7. The minimum Gasteiger partial charge on any atom is -0.756 e. The molecule has 0 radical (unpaired) electrons. The predicted molar refractivity (Wildman–Crippen MR) is 265 cm³/mol. The third kappa shape index (κ3) is 14.2. The summed E-state index contributed by atoms with van der Waals surface area (Å²) in [5.74, 6) is -2.90. The van der Waals surface area contributed by atoms with E-state index in [1.54, 1.807) is 6.07 Å². The molecular weight excluding hydrogens is 994 g/mol. The van der Waals surface area contributed by atoms with Crippen molar-refractivity contribution >= 4 is 60.2 Å². The van der Waals surface area contributed by atoms with Crippen LogP contribution in [0, 0.1) is 6.92 Å². The molecule has 4 heterocycles. The number of carboxylic acids is 1. The number of ether oxygens (including phenoxy) is 1. The molecule has 3 aliphatic heterocycles. The molecule has 0 saturated carbocycles. The standard InChI is InChI=1S/C48H54N5O17PS.CH4/c1-27-25-53(48(64)49-44(27)59)42-23-35(56)38(70-42)26-68-71(65,66)67-18-19-72-39-24-41(58)52(46(39)61)17-9-7-5-3-2-4-6-8-10-40(57)50-51-45(60)28-11-14-31(47(62)63)34(20-28)43-32-15-12-29(54)21-36(32)69-37-22-30(55)13-16-33(37)43;/h11-16,20-22,25,35,38-39,42,54,56H,2-10,17-19,23-24,26H2,1H3,(H,50,57)(H,51,60)(H,62,63)(H,65,66)(H,49,59,64);1H4/p-1/t35-,38-,39?,42-;/m1./s1. The number of phenols is 1. The molecule has 22 nitrogen and oxygen atoms in total. The number of H-pyrrole nitrogens is 1. The fourth-order valence-corrected chi connectivity index (χ4v) is 10.3. The van der Waals surface area contributed by atoms with Crippen LogP contribution in [0.15, 0.2) is 79.6 Å². The highest BCUT2D eigenvalue weighted by atomic mass is 32.2.